The first-order valence-electron chi connectivity index (χ1n) is 7.06. The molecule has 21 heavy (non-hydrogen) atoms. The predicted molar refractivity (Wildman–Crippen MR) is 77.6 cm³/mol. The van der Waals surface area contributed by atoms with Gasteiger partial charge in [0.15, 0.2) is 0 Å². The Morgan fingerprint density at radius 2 is 2.10 bits per heavy atom. The van der Waals surface area contributed by atoms with Crippen LogP contribution in [0.1, 0.15) is 23.2 Å². The second kappa shape index (κ2) is 5.00. The van der Waals surface area contributed by atoms with Gasteiger partial charge in [-0.2, -0.15) is 0 Å². The number of carbonyl (C=O) groups is 1. The van der Waals surface area contributed by atoms with E-state index in [-0.39, 0.29) is 28.9 Å². The minimum absolute atomic E-state index is 0.0612. The van der Waals surface area contributed by atoms with Gasteiger partial charge in [-0.05, 0) is 30.7 Å². The van der Waals surface area contributed by atoms with Gasteiger partial charge in [-0.15, -0.1) is 0 Å². The fourth-order valence-electron chi connectivity index (χ4n) is 3.54. The molecule has 1 saturated heterocycles. The van der Waals surface area contributed by atoms with Crippen LogP contribution in [0.2, 0.25) is 0 Å². The molecule has 1 aromatic rings. The molecule has 2 aliphatic rings. The van der Waals surface area contributed by atoms with Gasteiger partial charge in [-0.25, -0.2) is 0 Å². The van der Waals surface area contributed by atoms with Crippen LogP contribution in [0.15, 0.2) is 18.2 Å². The molecule has 3 atom stereocenters. The van der Waals surface area contributed by atoms with Crippen molar-refractivity contribution in [2.24, 2.45) is 17.6 Å². The zero-order chi connectivity index (χ0) is 15.1. The van der Waals surface area contributed by atoms with Crippen LogP contribution in [0.25, 0.3) is 0 Å². The minimum Gasteiger partial charge on any atom is -0.393 e. The summed E-state index contributed by atoms with van der Waals surface area (Å²) < 4.78 is 0. The Morgan fingerprint density at radius 1 is 1.33 bits per heavy atom. The molecule has 3 unspecified atom stereocenters. The van der Waals surface area contributed by atoms with E-state index in [4.69, 9.17) is 11.5 Å². The number of rotatable bonds is 2. The number of nitrogen functional groups attached to an aromatic ring is 1. The predicted octanol–water partition coefficient (Wildman–Crippen LogP) is 0.986. The van der Waals surface area contributed by atoms with E-state index in [0.29, 0.717) is 24.9 Å². The monoisotopic (exact) mass is 290 g/mol. The van der Waals surface area contributed by atoms with Gasteiger partial charge in [0.25, 0.3) is 11.6 Å². The lowest BCUT2D eigenvalue weighted by Gasteiger charge is -2.19. The van der Waals surface area contributed by atoms with Gasteiger partial charge in [-0.3, -0.25) is 14.9 Å². The molecule has 1 heterocycles. The van der Waals surface area contributed by atoms with Crippen LogP contribution in [0, 0.1) is 22.0 Å². The summed E-state index contributed by atoms with van der Waals surface area (Å²) in [5.41, 5.74) is 11.8. The summed E-state index contributed by atoms with van der Waals surface area (Å²) >= 11 is 0. The van der Waals surface area contributed by atoms with Crippen molar-refractivity contribution in [2.75, 3.05) is 18.8 Å². The van der Waals surface area contributed by atoms with Gasteiger partial charge in [0.2, 0.25) is 0 Å². The number of hydrogen-bond donors (Lipinski definition) is 2. The van der Waals surface area contributed by atoms with E-state index in [1.807, 2.05) is 0 Å². The molecule has 4 N–H and O–H groups in total. The number of benzene rings is 1. The van der Waals surface area contributed by atoms with E-state index in [2.05, 4.69) is 0 Å². The van der Waals surface area contributed by atoms with Crippen molar-refractivity contribution < 1.29 is 9.72 Å². The Labute approximate surface area is 122 Å². The number of para-hydroxylation sites is 1. The second-order valence-electron chi connectivity index (χ2n) is 5.87. The molecule has 1 aliphatic carbocycles. The maximum atomic E-state index is 12.6. The van der Waals surface area contributed by atoms with Gasteiger partial charge < -0.3 is 16.4 Å². The summed E-state index contributed by atoms with van der Waals surface area (Å²) in [6.45, 7) is 1.28. The molecule has 0 spiro atoms. The molecular formula is C14H18N4O3. The molecule has 1 aromatic carbocycles. The van der Waals surface area contributed by atoms with Crippen LogP contribution in [0.5, 0.6) is 0 Å². The molecule has 7 nitrogen and oxygen atoms in total. The molecule has 0 aromatic heterocycles. The average Bonchev–Trinajstić information content (AvgIpc) is 3.01. The van der Waals surface area contributed by atoms with Gasteiger partial charge in [0.1, 0.15) is 5.69 Å². The summed E-state index contributed by atoms with van der Waals surface area (Å²) in [5, 5.41) is 10.9. The van der Waals surface area contributed by atoms with Crippen molar-refractivity contribution in [3.63, 3.8) is 0 Å². The zero-order valence-electron chi connectivity index (χ0n) is 11.6. The Kier molecular flexibility index (Phi) is 3.29. The fraction of sp³-hybridized carbons (Fsp3) is 0.500. The van der Waals surface area contributed by atoms with E-state index in [1.165, 1.54) is 12.1 Å². The molecule has 3 rings (SSSR count). The number of anilines is 1. The third-order valence-electron chi connectivity index (χ3n) is 4.71. The molecule has 112 valence electrons. The first-order valence-corrected chi connectivity index (χ1v) is 7.06. The quantitative estimate of drug-likeness (QED) is 0.478. The van der Waals surface area contributed by atoms with Gasteiger partial charge in [-0.1, -0.05) is 6.07 Å². The Hall–Kier alpha value is -2.15. The number of carbonyl (C=O) groups excluding carboxylic acids is 1. The third-order valence-corrected chi connectivity index (χ3v) is 4.71. The Morgan fingerprint density at radius 3 is 2.76 bits per heavy atom. The third kappa shape index (κ3) is 2.23. The van der Waals surface area contributed by atoms with E-state index in [1.54, 1.807) is 11.0 Å². The topological polar surface area (TPSA) is 115 Å². The first-order chi connectivity index (χ1) is 9.99. The van der Waals surface area contributed by atoms with E-state index >= 15 is 0 Å². The molecule has 1 aliphatic heterocycles. The number of hydrogen-bond acceptors (Lipinski definition) is 5. The Balaban J connectivity index is 1.84. The first kappa shape index (κ1) is 13.8. The highest BCUT2D eigenvalue weighted by molar-refractivity contribution is 6.01. The van der Waals surface area contributed by atoms with Gasteiger partial charge in [0, 0.05) is 25.2 Å². The van der Waals surface area contributed by atoms with Crippen molar-refractivity contribution >= 4 is 17.3 Å². The number of amides is 1. The largest absolute Gasteiger partial charge is 0.393 e. The number of likely N-dealkylation sites (tertiary alicyclic amines) is 1. The van der Waals surface area contributed by atoms with Crippen molar-refractivity contribution in [1.29, 1.82) is 0 Å². The van der Waals surface area contributed by atoms with Crippen molar-refractivity contribution in [3.8, 4) is 0 Å². The van der Waals surface area contributed by atoms with Crippen LogP contribution in [-0.2, 0) is 0 Å². The summed E-state index contributed by atoms with van der Waals surface area (Å²) in [6, 6.07) is 4.49. The summed E-state index contributed by atoms with van der Waals surface area (Å²) in [5.74, 6) is 0.551. The molecule has 1 amide bonds. The number of fused-ring (bicyclic) bond motifs is 1. The second-order valence-corrected chi connectivity index (χ2v) is 5.87. The number of nitrogens with two attached hydrogens (primary N) is 2. The van der Waals surface area contributed by atoms with Crippen LogP contribution in [0.4, 0.5) is 11.4 Å². The lowest BCUT2D eigenvalue weighted by atomic mass is 9.98. The standard InChI is InChI=1S/C14H18N4O3/c15-11-5-4-8-6-17(7-10(8)11)14(19)9-2-1-3-12(13(9)16)18(20)21/h1-3,8,10-11H,4-7,15-16H2. The molecule has 7 heteroatoms. The summed E-state index contributed by atoms with van der Waals surface area (Å²) in [4.78, 5) is 24.6. The highest BCUT2D eigenvalue weighted by Crippen LogP contribution is 2.38. The van der Waals surface area contributed by atoms with E-state index in [0.717, 1.165) is 12.8 Å². The normalized spacial score (nSPS) is 27.7. The molecule has 0 radical (unpaired) electrons. The highest BCUT2D eigenvalue weighted by atomic mass is 16.6. The molecule has 1 saturated carbocycles. The fourth-order valence-corrected chi connectivity index (χ4v) is 3.54. The number of nitrogens with zero attached hydrogens (tertiary/aromatic N) is 2. The molecular weight excluding hydrogens is 272 g/mol. The Bertz CT molecular complexity index is 604. The van der Waals surface area contributed by atoms with Crippen LogP contribution in [0.3, 0.4) is 0 Å². The highest BCUT2D eigenvalue weighted by Gasteiger charge is 2.43. The number of nitro benzene ring substituents is 1. The minimum atomic E-state index is -0.569. The smallest absolute Gasteiger partial charge is 0.292 e. The van der Waals surface area contributed by atoms with Crippen molar-refractivity contribution in [3.05, 3.63) is 33.9 Å². The van der Waals surface area contributed by atoms with Gasteiger partial charge in [0.05, 0.1) is 10.5 Å². The van der Waals surface area contributed by atoms with E-state index in [9.17, 15) is 14.9 Å². The average molecular weight is 290 g/mol. The lowest BCUT2D eigenvalue weighted by Crippen LogP contribution is -2.33. The zero-order valence-corrected chi connectivity index (χ0v) is 11.6. The molecule has 0 bridgehead atoms. The SMILES string of the molecule is Nc1c(C(=O)N2CC3CCC(N)C3C2)cccc1[N+](=O)[O-]. The molecule has 2 fully saturated rings. The van der Waals surface area contributed by atoms with Crippen molar-refractivity contribution in [1.82, 2.24) is 4.90 Å². The van der Waals surface area contributed by atoms with E-state index < -0.39 is 4.92 Å². The van der Waals surface area contributed by atoms with Crippen LogP contribution >= 0.6 is 0 Å². The summed E-state index contributed by atoms with van der Waals surface area (Å²) in [6.07, 6.45) is 2.05. The van der Waals surface area contributed by atoms with Crippen molar-refractivity contribution in [2.45, 2.75) is 18.9 Å². The summed E-state index contributed by atoms with van der Waals surface area (Å²) in [7, 11) is 0. The van der Waals surface area contributed by atoms with Crippen LogP contribution in [-0.4, -0.2) is 34.9 Å². The lowest BCUT2D eigenvalue weighted by molar-refractivity contribution is -0.383. The number of nitro groups is 1. The van der Waals surface area contributed by atoms with Gasteiger partial charge >= 0.3 is 0 Å². The maximum absolute atomic E-state index is 12.6. The maximum Gasteiger partial charge on any atom is 0.292 e. The van der Waals surface area contributed by atoms with Crippen LogP contribution < -0.4 is 11.5 Å².